The summed E-state index contributed by atoms with van der Waals surface area (Å²) < 4.78 is 133. The SMILES string of the molecule is O=S(=O)(O)c1cc(S(=O)(=O)O)c2cc(/N=N/c3ccc(Nc4nc(O)nc(Nc5ccc(/N=N/c6ccc7cc(S(=O)(=O)O)cc(S(=O)(=O)O)c7c6)cc5)n4)cc3)ccc2c1. The summed E-state index contributed by atoms with van der Waals surface area (Å²) in [6.07, 6.45) is 0. The van der Waals surface area contributed by atoms with Gasteiger partial charge in [-0.2, -0.15) is 69.1 Å². The van der Waals surface area contributed by atoms with E-state index in [2.05, 4.69) is 46.0 Å². The molecular weight excluding hydrogens is 883 g/mol. The van der Waals surface area contributed by atoms with Gasteiger partial charge < -0.3 is 15.7 Å². The van der Waals surface area contributed by atoms with Crippen LogP contribution in [0, 0.1) is 0 Å². The number of aromatic hydroxyl groups is 1. The van der Waals surface area contributed by atoms with E-state index in [1.54, 1.807) is 48.5 Å². The lowest BCUT2D eigenvalue weighted by Gasteiger charge is -2.09. The molecule has 7 rings (SSSR count). The van der Waals surface area contributed by atoms with Crippen LogP contribution >= 0.6 is 0 Å². The fraction of sp³-hybridized carbons (Fsp3) is 0. The molecule has 26 heteroatoms. The zero-order valence-electron chi connectivity index (χ0n) is 30.2. The first-order valence-electron chi connectivity index (χ1n) is 16.7. The van der Waals surface area contributed by atoms with E-state index in [0.717, 1.165) is 12.1 Å². The molecule has 0 bridgehead atoms. The Morgan fingerprint density at radius 3 is 1.10 bits per heavy atom. The summed E-state index contributed by atoms with van der Waals surface area (Å²) in [7, 11) is -19.4. The lowest BCUT2D eigenvalue weighted by molar-refractivity contribution is 0.430. The number of azo groups is 2. The van der Waals surface area contributed by atoms with Crippen molar-refractivity contribution < 1.29 is 57.0 Å². The molecule has 0 aliphatic heterocycles. The van der Waals surface area contributed by atoms with Crippen molar-refractivity contribution in [1.82, 2.24) is 15.0 Å². The molecule has 0 unspecified atom stereocenters. The molecule has 0 saturated carbocycles. The average Bonchev–Trinajstić information content (AvgIpc) is 3.17. The van der Waals surface area contributed by atoms with Crippen LogP contribution < -0.4 is 10.6 Å². The average molecular weight is 908 g/mol. The Labute approximate surface area is 344 Å². The van der Waals surface area contributed by atoms with Gasteiger partial charge in [0.1, 0.15) is 9.79 Å². The highest BCUT2D eigenvalue weighted by atomic mass is 32.2. The summed E-state index contributed by atoms with van der Waals surface area (Å²) >= 11 is 0. The van der Waals surface area contributed by atoms with Gasteiger partial charge in [0.15, 0.2) is 0 Å². The summed E-state index contributed by atoms with van der Waals surface area (Å²) in [5.74, 6) is -0.0843. The Balaban J connectivity index is 1.02. The van der Waals surface area contributed by atoms with E-state index >= 15 is 0 Å². The van der Waals surface area contributed by atoms with Gasteiger partial charge in [-0.3, -0.25) is 18.2 Å². The van der Waals surface area contributed by atoms with Crippen LogP contribution in [0.1, 0.15) is 0 Å². The molecule has 7 N–H and O–H groups in total. The molecule has 0 fully saturated rings. The second kappa shape index (κ2) is 15.9. The van der Waals surface area contributed by atoms with Crippen LogP contribution in [0.2, 0.25) is 0 Å². The maximum Gasteiger partial charge on any atom is 0.320 e. The van der Waals surface area contributed by atoms with E-state index in [1.165, 1.54) is 36.4 Å². The van der Waals surface area contributed by atoms with Gasteiger partial charge in [-0.05, 0) is 108 Å². The molecule has 312 valence electrons. The zero-order chi connectivity index (χ0) is 43.9. The minimum atomic E-state index is -4.90. The molecule has 0 aliphatic rings. The van der Waals surface area contributed by atoms with Crippen LogP contribution in [0.5, 0.6) is 6.01 Å². The number of hydrogen-bond acceptors (Lipinski definition) is 18. The molecule has 6 aromatic carbocycles. The zero-order valence-corrected chi connectivity index (χ0v) is 33.4. The third kappa shape index (κ3) is 10.1. The number of aromatic nitrogens is 3. The monoisotopic (exact) mass is 907 g/mol. The topological polar surface area (TPSA) is 350 Å². The number of fused-ring (bicyclic) bond motifs is 2. The van der Waals surface area contributed by atoms with E-state index in [1.807, 2.05) is 0 Å². The summed E-state index contributed by atoms with van der Waals surface area (Å²) in [5, 5.41) is 32.4. The van der Waals surface area contributed by atoms with Gasteiger partial charge in [-0.1, -0.05) is 12.1 Å². The highest BCUT2D eigenvalue weighted by Gasteiger charge is 2.22. The first-order valence-corrected chi connectivity index (χ1v) is 22.4. The molecule has 0 saturated heterocycles. The van der Waals surface area contributed by atoms with Crippen molar-refractivity contribution in [3.05, 3.63) is 109 Å². The number of rotatable bonds is 12. The lowest BCUT2D eigenvalue weighted by atomic mass is 10.1. The number of nitrogens with one attached hydrogen (secondary N) is 2. The van der Waals surface area contributed by atoms with E-state index in [-0.39, 0.29) is 44.8 Å². The Hall–Kier alpha value is -6.91. The molecule has 1 aromatic heterocycles. The summed E-state index contributed by atoms with van der Waals surface area (Å²) in [5.41, 5.74) is 1.95. The fourth-order valence-corrected chi connectivity index (χ4v) is 8.30. The Bertz CT molecular complexity index is 3200. The number of nitrogens with zero attached hydrogens (tertiary/aromatic N) is 7. The molecule has 0 aliphatic carbocycles. The fourth-order valence-electron chi connectivity index (χ4n) is 5.61. The molecule has 0 atom stereocenters. The number of hydrogen-bond donors (Lipinski definition) is 7. The predicted molar refractivity (Wildman–Crippen MR) is 216 cm³/mol. The molecule has 0 amide bonds. The van der Waals surface area contributed by atoms with Crippen molar-refractivity contribution in [1.29, 1.82) is 0 Å². The van der Waals surface area contributed by atoms with Crippen molar-refractivity contribution >= 4 is 108 Å². The van der Waals surface area contributed by atoms with E-state index in [4.69, 9.17) is 0 Å². The van der Waals surface area contributed by atoms with Gasteiger partial charge in [-0.25, -0.2) is 0 Å². The van der Waals surface area contributed by atoms with Gasteiger partial charge in [0.25, 0.3) is 40.5 Å². The molecule has 22 nitrogen and oxygen atoms in total. The summed E-state index contributed by atoms with van der Waals surface area (Å²) in [6, 6.07) is 23.4. The third-order valence-electron chi connectivity index (χ3n) is 8.33. The second-order valence-electron chi connectivity index (χ2n) is 12.6. The molecular formula is C35H25N9O13S4. The van der Waals surface area contributed by atoms with Crippen molar-refractivity contribution in [3.63, 3.8) is 0 Å². The van der Waals surface area contributed by atoms with Crippen molar-refractivity contribution in [3.8, 4) is 6.01 Å². The minimum absolute atomic E-state index is 0.0421. The molecule has 61 heavy (non-hydrogen) atoms. The summed E-state index contributed by atoms with van der Waals surface area (Å²) in [4.78, 5) is 9.06. The van der Waals surface area contributed by atoms with Crippen LogP contribution in [0.3, 0.4) is 0 Å². The molecule has 1 heterocycles. The standard InChI is InChI=1S/C35H25N9O13S4/c45-35-39-33(36-21-5-9-23(10-6-21)41-43-25-3-1-19-13-27(58(46,47)48)17-31(29(19)15-25)60(52,53)54)38-34(40-35)37-22-7-11-24(12-8-22)42-44-26-4-2-20-14-28(59(49,50)51)18-32(30(20)16-26)61(55,56)57/h1-18H,(H,46,47,48)(H,49,50,51)(H,52,53,54)(H,55,56,57)(H3,36,37,38,39,40,45)/b43-41+,44-42+. The largest absolute Gasteiger partial charge is 0.479 e. The number of anilines is 4. The highest BCUT2D eigenvalue weighted by Crippen LogP contribution is 2.33. The Morgan fingerprint density at radius 1 is 0.410 bits per heavy atom. The quantitative estimate of drug-likeness (QED) is 0.0471. The molecule has 7 aromatic rings. The maximum absolute atomic E-state index is 12.0. The van der Waals surface area contributed by atoms with Gasteiger partial charge in [0.2, 0.25) is 11.9 Å². The molecule has 0 spiro atoms. The first-order chi connectivity index (χ1) is 28.6. The van der Waals surface area contributed by atoms with Gasteiger partial charge >= 0.3 is 6.01 Å². The van der Waals surface area contributed by atoms with Crippen molar-refractivity contribution in [2.45, 2.75) is 19.6 Å². The smallest absolute Gasteiger partial charge is 0.320 e. The van der Waals surface area contributed by atoms with Crippen molar-refractivity contribution in [2.24, 2.45) is 20.5 Å². The number of benzene rings is 6. The van der Waals surface area contributed by atoms with Gasteiger partial charge in [-0.15, -0.1) is 0 Å². The Kier molecular flexibility index (Phi) is 11.0. The summed E-state index contributed by atoms with van der Waals surface area (Å²) in [6.45, 7) is 0. The van der Waals surface area contributed by atoms with E-state index in [0.29, 0.717) is 34.9 Å². The van der Waals surface area contributed by atoms with Gasteiger partial charge in [0, 0.05) is 22.1 Å². The predicted octanol–water partition coefficient (Wildman–Crippen LogP) is 7.19. The van der Waals surface area contributed by atoms with Gasteiger partial charge in [0.05, 0.1) is 32.5 Å². The first kappa shape index (κ1) is 42.2. The third-order valence-corrected chi connectivity index (χ3v) is 11.8. The van der Waals surface area contributed by atoms with Crippen LogP contribution in [0.15, 0.2) is 149 Å². The van der Waals surface area contributed by atoms with Crippen molar-refractivity contribution in [2.75, 3.05) is 10.6 Å². The highest BCUT2D eigenvalue weighted by molar-refractivity contribution is 7.87. The van der Waals surface area contributed by atoms with Crippen LogP contribution in [0.4, 0.5) is 46.0 Å². The van der Waals surface area contributed by atoms with E-state index < -0.39 is 66.1 Å². The van der Waals surface area contributed by atoms with E-state index in [9.17, 15) is 57.0 Å². The lowest BCUT2D eigenvalue weighted by Crippen LogP contribution is -2.04. The molecule has 0 radical (unpaired) electrons. The second-order valence-corrected chi connectivity index (χ2v) is 18.2. The normalized spacial score (nSPS) is 12.7. The van der Waals surface area contributed by atoms with Crippen LogP contribution in [-0.4, -0.2) is 71.9 Å². The van der Waals surface area contributed by atoms with Crippen LogP contribution in [0.25, 0.3) is 21.5 Å². The maximum atomic E-state index is 12.0. The van der Waals surface area contributed by atoms with Crippen LogP contribution in [-0.2, 0) is 40.5 Å². The minimum Gasteiger partial charge on any atom is -0.479 e. The Morgan fingerprint density at radius 2 is 0.754 bits per heavy atom.